The normalized spacial score (nSPS) is 14.8. The summed E-state index contributed by atoms with van der Waals surface area (Å²) in [5, 5.41) is 2.67. The van der Waals surface area contributed by atoms with Gasteiger partial charge in [0.2, 0.25) is 5.91 Å². The summed E-state index contributed by atoms with van der Waals surface area (Å²) in [7, 11) is 2.93. The average Bonchev–Trinajstić information content (AvgIpc) is 2.72. The molecule has 3 rings (SSSR count). The Morgan fingerprint density at radius 2 is 1.75 bits per heavy atom. The van der Waals surface area contributed by atoms with E-state index in [1.54, 1.807) is 30.3 Å². The molecule has 0 saturated heterocycles. The Morgan fingerprint density at radius 1 is 1.07 bits per heavy atom. The lowest BCUT2D eigenvalue weighted by Gasteiger charge is -2.25. The maximum absolute atomic E-state index is 12.3. The Bertz CT molecular complexity index is 892. The van der Waals surface area contributed by atoms with Crippen molar-refractivity contribution in [3.8, 4) is 17.2 Å². The number of ether oxygens (including phenoxy) is 3. The fourth-order valence-corrected chi connectivity index (χ4v) is 2.58. The lowest BCUT2D eigenvalue weighted by atomic mass is 10.1. The van der Waals surface area contributed by atoms with E-state index < -0.39 is 23.8 Å². The van der Waals surface area contributed by atoms with Gasteiger partial charge in [-0.3, -0.25) is 25.2 Å². The predicted molar refractivity (Wildman–Crippen MR) is 99.3 cm³/mol. The standard InChI is InChI=1S/C19H19N3O6/c1-26-12-7-11(8-13(9-12)27-2)18(24)22-21-17(23)10-16-19(25)20-14-5-3-4-6-15(14)28-16/h3-9,16H,10H2,1-2H3,(H,20,25)(H,21,23)(H,22,24)/t16-/m0/s1. The van der Waals surface area contributed by atoms with E-state index in [0.717, 1.165) is 0 Å². The highest BCUT2D eigenvalue weighted by atomic mass is 16.5. The van der Waals surface area contributed by atoms with Gasteiger partial charge in [0.05, 0.1) is 26.3 Å². The smallest absolute Gasteiger partial charge is 0.269 e. The van der Waals surface area contributed by atoms with Crippen molar-refractivity contribution >= 4 is 23.4 Å². The van der Waals surface area contributed by atoms with Crippen LogP contribution in [-0.4, -0.2) is 38.0 Å². The molecule has 146 valence electrons. The lowest BCUT2D eigenvalue weighted by molar-refractivity contribution is -0.130. The van der Waals surface area contributed by atoms with Crippen molar-refractivity contribution in [3.05, 3.63) is 48.0 Å². The quantitative estimate of drug-likeness (QED) is 0.668. The van der Waals surface area contributed by atoms with E-state index in [2.05, 4.69) is 16.2 Å². The molecule has 0 fully saturated rings. The Morgan fingerprint density at radius 3 is 2.43 bits per heavy atom. The first-order valence-corrected chi connectivity index (χ1v) is 8.39. The summed E-state index contributed by atoms with van der Waals surface area (Å²) < 4.78 is 15.8. The number of para-hydroxylation sites is 2. The zero-order chi connectivity index (χ0) is 20.1. The Kier molecular flexibility index (Phi) is 5.64. The van der Waals surface area contributed by atoms with Gasteiger partial charge in [0.15, 0.2) is 6.10 Å². The molecule has 0 aliphatic carbocycles. The number of amides is 3. The molecule has 28 heavy (non-hydrogen) atoms. The number of hydrogen-bond donors (Lipinski definition) is 3. The number of carbonyl (C=O) groups is 3. The molecule has 1 aliphatic heterocycles. The van der Waals surface area contributed by atoms with Gasteiger partial charge in [0.1, 0.15) is 17.2 Å². The van der Waals surface area contributed by atoms with Crippen molar-refractivity contribution in [2.24, 2.45) is 0 Å². The predicted octanol–water partition coefficient (Wildman–Crippen LogP) is 1.25. The number of carbonyl (C=O) groups excluding carboxylic acids is 3. The second-order valence-electron chi connectivity index (χ2n) is 5.90. The van der Waals surface area contributed by atoms with Gasteiger partial charge in [-0.2, -0.15) is 0 Å². The van der Waals surface area contributed by atoms with Crippen molar-refractivity contribution in [3.63, 3.8) is 0 Å². The van der Waals surface area contributed by atoms with E-state index in [1.165, 1.54) is 26.4 Å². The lowest BCUT2D eigenvalue weighted by Crippen LogP contribution is -2.46. The molecule has 0 spiro atoms. The molecule has 3 N–H and O–H groups in total. The molecule has 2 aromatic carbocycles. The van der Waals surface area contributed by atoms with Gasteiger partial charge in [-0.15, -0.1) is 0 Å². The third kappa shape index (κ3) is 4.32. The van der Waals surface area contributed by atoms with Crippen LogP contribution >= 0.6 is 0 Å². The third-order valence-corrected chi connectivity index (χ3v) is 4.01. The minimum absolute atomic E-state index is 0.233. The number of anilines is 1. The third-order valence-electron chi connectivity index (χ3n) is 4.01. The van der Waals surface area contributed by atoms with E-state index in [9.17, 15) is 14.4 Å². The van der Waals surface area contributed by atoms with E-state index in [1.807, 2.05) is 0 Å². The molecular formula is C19H19N3O6. The van der Waals surface area contributed by atoms with Gasteiger partial charge < -0.3 is 19.5 Å². The first-order valence-electron chi connectivity index (χ1n) is 8.39. The van der Waals surface area contributed by atoms with Gasteiger partial charge in [-0.1, -0.05) is 12.1 Å². The van der Waals surface area contributed by atoms with Gasteiger partial charge in [-0.25, -0.2) is 0 Å². The number of benzene rings is 2. The summed E-state index contributed by atoms with van der Waals surface area (Å²) in [5.74, 6) is -0.235. The van der Waals surface area contributed by atoms with E-state index in [-0.39, 0.29) is 12.0 Å². The second-order valence-corrected chi connectivity index (χ2v) is 5.90. The second kappa shape index (κ2) is 8.30. The van der Waals surface area contributed by atoms with E-state index in [0.29, 0.717) is 22.9 Å². The van der Waals surface area contributed by atoms with Crippen molar-refractivity contribution in [2.45, 2.75) is 12.5 Å². The Labute approximate surface area is 160 Å². The number of nitrogens with one attached hydrogen (secondary N) is 3. The van der Waals surface area contributed by atoms with Crippen LogP contribution in [0.25, 0.3) is 0 Å². The molecule has 0 unspecified atom stereocenters. The van der Waals surface area contributed by atoms with Crippen LogP contribution in [0.3, 0.4) is 0 Å². The van der Waals surface area contributed by atoms with E-state index in [4.69, 9.17) is 14.2 Å². The monoisotopic (exact) mass is 385 g/mol. The maximum Gasteiger partial charge on any atom is 0.269 e. The number of hydrazine groups is 1. The van der Waals surface area contributed by atoms with Gasteiger partial charge in [-0.05, 0) is 24.3 Å². The summed E-state index contributed by atoms with van der Waals surface area (Å²) in [6.07, 6.45) is -1.26. The zero-order valence-electron chi connectivity index (χ0n) is 15.3. The SMILES string of the molecule is COc1cc(OC)cc(C(=O)NNC(=O)C[C@@H]2Oc3ccccc3NC2=O)c1. The largest absolute Gasteiger partial charge is 0.497 e. The van der Waals surface area contributed by atoms with Gasteiger partial charge in [0.25, 0.3) is 11.8 Å². The molecule has 9 nitrogen and oxygen atoms in total. The van der Waals surface area contributed by atoms with Crippen LogP contribution in [0.15, 0.2) is 42.5 Å². The van der Waals surface area contributed by atoms with Crippen LogP contribution in [0.4, 0.5) is 5.69 Å². The Balaban J connectivity index is 1.57. The molecule has 0 saturated carbocycles. The van der Waals surface area contributed by atoms with Crippen molar-refractivity contribution in [2.75, 3.05) is 19.5 Å². The molecular weight excluding hydrogens is 366 g/mol. The highest BCUT2D eigenvalue weighted by Gasteiger charge is 2.29. The Hall–Kier alpha value is -3.75. The first kappa shape index (κ1) is 19.0. The molecule has 3 amide bonds. The summed E-state index contributed by atoms with van der Waals surface area (Å²) in [5.41, 5.74) is 5.33. The highest BCUT2D eigenvalue weighted by molar-refractivity contribution is 6.00. The fourth-order valence-electron chi connectivity index (χ4n) is 2.58. The van der Waals surface area contributed by atoms with Crippen LogP contribution in [0.2, 0.25) is 0 Å². The van der Waals surface area contributed by atoms with Gasteiger partial charge >= 0.3 is 0 Å². The summed E-state index contributed by atoms with van der Waals surface area (Å²) in [4.78, 5) is 36.4. The number of methoxy groups -OCH3 is 2. The number of rotatable bonds is 5. The highest BCUT2D eigenvalue weighted by Crippen LogP contribution is 2.29. The van der Waals surface area contributed by atoms with Crippen molar-refractivity contribution in [1.29, 1.82) is 0 Å². The summed E-state index contributed by atoms with van der Waals surface area (Å²) >= 11 is 0. The first-order chi connectivity index (χ1) is 13.5. The maximum atomic E-state index is 12.3. The molecule has 0 bridgehead atoms. The van der Waals surface area contributed by atoms with Crippen molar-refractivity contribution in [1.82, 2.24) is 10.9 Å². The van der Waals surface area contributed by atoms with Crippen LogP contribution < -0.4 is 30.4 Å². The fraction of sp³-hybridized carbons (Fsp3) is 0.211. The topological polar surface area (TPSA) is 115 Å². The average molecular weight is 385 g/mol. The molecule has 1 heterocycles. The minimum atomic E-state index is -0.997. The van der Waals surface area contributed by atoms with Crippen LogP contribution in [0, 0.1) is 0 Å². The number of hydrogen-bond acceptors (Lipinski definition) is 6. The van der Waals surface area contributed by atoms with Gasteiger partial charge in [0, 0.05) is 11.6 Å². The van der Waals surface area contributed by atoms with Crippen molar-refractivity contribution < 1.29 is 28.6 Å². The zero-order valence-corrected chi connectivity index (χ0v) is 15.3. The van der Waals surface area contributed by atoms with Crippen LogP contribution in [0.5, 0.6) is 17.2 Å². The molecule has 1 aliphatic rings. The molecule has 9 heteroatoms. The summed E-state index contributed by atoms with van der Waals surface area (Å²) in [6, 6.07) is 11.5. The molecule has 0 radical (unpaired) electrons. The minimum Gasteiger partial charge on any atom is -0.497 e. The molecule has 1 atom stereocenters. The summed E-state index contributed by atoms with van der Waals surface area (Å²) in [6.45, 7) is 0. The van der Waals surface area contributed by atoms with Crippen LogP contribution in [-0.2, 0) is 9.59 Å². The molecule has 2 aromatic rings. The van der Waals surface area contributed by atoms with E-state index >= 15 is 0 Å². The number of fused-ring (bicyclic) bond motifs is 1. The molecule has 0 aromatic heterocycles. The van der Waals surface area contributed by atoms with Crippen LogP contribution in [0.1, 0.15) is 16.8 Å².